The zero-order valence-corrected chi connectivity index (χ0v) is 11.1. The van der Waals surface area contributed by atoms with Crippen LogP contribution in [0, 0.1) is 0 Å². The molecule has 1 aromatic carbocycles. The van der Waals surface area contributed by atoms with Crippen LogP contribution in [0.2, 0.25) is 0 Å². The third-order valence-electron chi connectivity index (χ3n) is 2.06. The Morgan fingerprint density at radius 3 is 2.42 bits per heavy atom. The number of carbonyl (C=O) groups excluding carboxylic acids is 1. The average Bonchev–Trinajstić information content (AvgIpc) is 2.23. The van der Waals surface area contributed by atoms with Crippen LogP contribution < -0.4 is 5.32 Å². The van der Waals surface area contributed by atoms with Crippen LogP contribution in [-0.2, 0) is 11.3 Å². The second-order valence-electron chi connectivity index (χ2n) is 5.05. The van der Waals surface area contributed by atoms with Gasteiger partial charge in [-0.2, -0.15) is 0 Å². The number of carboxylic acid groups (broad SMARTS) is 1. The number of ether oxygens (including phenoxy) is 1. The third-order valence-corrected chi connectivity index (χ3v) is 2.06. The Bertz CT molecular complexity index is 490. The van der Waals surface area contributed by atoms with E-state index in [2.05, 4.69) is 5.32 Å². The monoisotopic (exact) mass is 267 g/mol. The van der Waals surface area contributed by atoms with Gasteiger partial charge in [-0.15, -0.1) is 0 Å². The standard InChI is InChI=1S/C13H17NO5/c1-13(2,3)19-12(18)14-7-8-4-9(11(16)17)6-10(15)5-8/h4-6,15H,7H2,1-3H3,(H,14,18)(H,16,17). The molecule has 0 atom stereocenters. The number of hydrogen-bond acceptors (Lipinski definition) is 4. The van der Waals surface area contributed by atoms with Gasteiger partial charge >= 0.3 is 12.1 Å². The summed E-state index contributed by atoms with van der Waals surface area (Å²) in [5.74, 6) is -1.31. The summed E-state index contributed by atoms with van der Waals surface area (Å²) < 4.78 is 5.04. The van der Waals surface area contributed by atoms with E-state index in [1.165, 1.54) is 12.1 Å². The van der Waals surface area contributed by atoms with Crippen LogP contribution in [0.1, 0.15) is 36.7 Å². The van der Waals surface area contributed by atoms with Crippen molar-refractivity contribution in [3.63, 3.8) is 0 Å². The number of aromatic hydroxyl groups is 1. The molecule has 0 radical (unpaired) electrons. The van der Waals surface area contributed by atoms with Gasteiger partial charge in [0.1, 0.15) is 11.4 Å². The Balaban J connectivity index is 2.68. The predicted octanol–water partition coefficient (Wildman–Crippen LogP) is 2.12. The number of nitrogens with one attached hydrogen (secondary N) is 1. The maximum Gasteiger partial charge on any atom is 0.407 e. The van der Waals surface area contributed by atoms with Gasteiger partial charge in [0.2, 0.25) is 0 Å². The van der Waals surface area contributed by atoms with E-state index >= 15 is 0 Å². The molecule has 104 valence electrons. The van der Waals surface area contributed by atoms with Gasteiger partial charge in [0.25, 0.3) is 0 Å². The van der Waals surface area contributed by atoms with Crippen molar-refractivity contribution in [3.05, 3.63) is 29.3 Å². The number of phenols is 1. The largest absolute Gasteiger partial charge is 0.508 e. The molecule has 19 heavy (non-hydrogen) atoms. The van der Waals surface area contributed by atoms with Crippen molar-refractivity contribution in [2.45, 2.75) is 32.9 Å². The Morgan fingerprint density at radius 1 is 1.26 bits per heavy atom. The van der Waals surface area contributed by atoms with Gasteiger partial charge in [0, 0.05) is 6.54 Å². The molecule has 3 N–H and O–H groups in total. The molecule has 0 fully saturated rings. The number of carbonyl (C=O) groups is 2. The zero-order chi connectivity index (χ0) is 14.6. The van der Waals surface area contributed by atoms with E-state index in [0.717, 1.165) is 6.07 Å². The first-order valence-electron chi connectivity index (χ1n) is 5.70. The Morgan fingerprint density at radius 2 is 1.89 bits per heavy atom. The molecular formula is C13H17NO5. The zero-order valence-electron chi connectivity index (χ0n) is 11.1. The lowest BCUT2D eigenvalue weighted by Crippen LogP contribution is -2.32. The lowest BCUT2D eigenvalue weighted by Gasteiger charge is -2.19. The molecule has 0 unspecified atom stereocenters. The normalized spacial score (nSPS) is 10.9. The van der Waals surface area contributed by atoms with Crippen LogP contribution in [0.15, 0.2) is 18.2 Å². The molecule has 6 nitrogen and oxygen atoms in total. The molecule has 0 aliphatic heterocycles. The SMILES string of the molecule is CC(C)(C)OC(=O)NCc1cc(O)cc(C(=O)O)c1. The van der Waals surface area contributed by atoms with Crippen molar-refractivity contribution in [3.8, 4) is 5.75 Å². The molecule has 0 bridgehead atoms. The first kappa shape index (κ1) is 14.8. The smallest absolute Gasteiger partial charge is 0.407 e. The number of amides is 1. The van der Waals surface area contributed by atoms with Gasteiger partial charge in [-0.25, -0.2) is 9.59 Å². The van der Waals surface area contributed by atoms with Crippen LogP contribution in [0.25, 0.3) is 0 Å². The highest BCUT2D eigenvalue weighted by atomic mass is 16.6. The van der Waals surface area contributed by atoms with Crippen LogP contribution in [0.4, 0.5) is 4.79 Å². The predicted molar refractivity (Wildman–Crippen MR) is 68.1 cm³/mol. The highest BCUT2D eigenvalue weighted by Crippen LogP contribution is 2.16. The molecule has 0 saturated carbocycles. The third kappa shape index (κ3) is 5.29. The molecular weight excluding hydrogens is 250 g/mol. The summed E-state index contributed by atoms with van der Waals surface area (Å²) in [5.41, 5.74) is -0.168. The minimum atomic E-state index is -1.14. The molecule has 1 rings (SSSR count). The summed E-state index contributed by atoms with van der Waals surface area (Å²) >= 11 is 0. The van der Waals surface area contributed by atoms with Crippen LogP contribution in [-0.4, -0.2) is 27.9 Å². The molecule has 0 aromatic heterocycles. The lowest BCUT2D eigenvalue weighted by atomic mass is 10.1. The fourth-order valence-corrected chi connectivity index (χ4v) is 1.39. The minimum absolute atomic E-state index is 0.0408. The highest BCUT2D eigenvalue weighted by molar-refractivity contribution is 5.88. The summed E-state index contributed by atoms with van der Waals surface area (Å²) in [6.07, 6.45) is -0.604. The number of phenolic OH excluding ortho intramolecular Hbond substituents is 1. The van der Waals surface area contributed by atoms with Gasteiger partial charge < -0.3 is 20.3 Å². The minimum Gasteiger partial charge on any atom is -0.508 e. The lowest BCUT2D eigenvalue weighted by molar-refractivity contribution is 0.0523. The number of hydrogen-bond donors (Lipinski definition) is 3. The Kier molecular flexibility index (Phi) is 4.37. The van der Waals surface area contributed by atoms with Gasteiger partial charge in [-0.05, 0) is 44.5 Å². The van der Waals surface area contributed by atoms with E-state index in [9.17, 15) is 14.7 Å². The summed E-state index contributed by atoms with van der Waals surface area (Å²) in [5, 5.41) is 20.7. The van der Waals surface area contributed by atoms with Crippen molar-refractivity contribution in [2.75, 3.05) is 0 Å². The average molecular weight is 267 g/mol. The molecule has 0 heterocycles. The maximum atomic E-state index is 11.4. The van der Waals surface area contributed by atoms with Crippen molar-refractivity contribution in [1.29, 1.82) is 0 Å². The fourth-order valence-electron chi connectivity index (χ4n) is 1.39. The first-order chi connectivity index (χ1) is 8.67. The van der Waals surface area contributed by atoms with Crippen LogP contribution in [0.5, 0.6) is 5.75 Å². The van der Waals surface area contributed by atoms with E-state index in [-0.39, 0.29) is 17.9 Å². The van der Waals surface area contributed by atoms with E-state index in [4.69, 9.17) is 9.84 Å². The highest BCUT2D eigenvalue weighted by Gasteiger charge is 2.16. The van der Waals surface area contributed by atoms with Crippen LogP contribution >= 0.6 is 0 Å². The first-order valence-corrected chi connectivity index (χ1v) is 5.70. The Hall–Kier alpha value is -2.24. The number of alkyl carbamates (subject to hydrolysis) is 1. The number of carboxylic acids is 1. The molecule has 0 spiro atoms. The van der Waals surface area contributed by atoms with E-state index in [0.29, 0.717) is 5.56 Å². The Labute approximate surface area is 111 Å². The molecule has 1 amide bonds. The van der Waals surface area contributed by atoms with Crippen molar-refractivity contribution in [2.24, 2.45) is 0 Å². The second kappa shape index (κ2) is 5.60. The quantitative estimate of drug-likeness (QED) is 0.779. The van der Waals surface area contributed by atoms with Crippen LogP contribution in [0.3, 0.4) is 0 Å². The number of benzene rings is 1. The topological polar surface area (TPSA) is 95.9 Å². The van der Waals surface area contributed by atoms with Gasteiger partial charge in [0.05, 0.1) is 5.56 Å². The molecule has 6 heteroatoms. The molecule has 0 aliphatic rings. The van der Waals surface area contributed by atoms with E-state index < -0.39 is 17.7 Å². The number of aromatic carboxylic acids is 1. The fraction of sp³-hybridized carbons (Fsp3) is 0.385. The summed E-state index contributed by atoms with van der Waals surface area (Å²) in [4.78, 5) is 22.2. The van der Waals surface area contributed by atoms with E-state index in [1.54, 1.807) is 20.8 Å². The summed E-state index contributed by atoms with van der Waals surface area (Å²) in [6, 6.07) is 3.89. The molecule has 0 aliphatic carbocycles. The molecule has 1 aromatic rings. The van der Waals surface area contributed by atoms with Crippen molar-refractivity contribution in [1.82, 2.24) is 5.32 Å². The summed E-state index contributed by atoms with van der Waals surface area (Å²) in [6.45, 7) is 5.29. The van der Waals surface area contributed by atoms with Gasteiger partial charge in [-0.1, -0.05) is 0 Å². The van der Waals surface area contributed by atoms with Crippen molar-refractivity contribution < 1.29 is 24.5 Å². The number of rotatable bonds is 3. The van der Waals surface area contributed by atoms with Gasteiger partial charge in [-0.3, -0.25) is 0 Å². The second-order valence-corrected chi connectivity index (χ2v) is 5.05. The summed E-state index contributed by atoms with van der Waals surface area (Å²) in [7, 11) is 0. The van der Waals surface area contributed by atoms with Gasteiger partial charge in [0.15, 0.2) is 0 Å². The van der Waals surface area contributed by atoms with E-state index in [1.807, 2.05) is 0 Å². The van der Waals surface area contributed by atoms with Crippen molar-refractivity contribution >= 4 is 12.1 Å². The molecule has 0 saturated heterocycles. The maximum absolute atomic E-state index is 11.4.